The number of hydrogen-bond donors (Lipinski definition) is 1. The first-order valence-corrected chi connectivity index (χ1v) is 5.45. The van der Waals surface area contributed by atoms with Gasteiger partial charge in [0, 0.05) is 11.8 Å². The molecule has 0 aliphatic rings. The van der Waals surface area contributed by atoms with Gasteiger partial charge in [-0.2, -0.15) is 0 Å². The Bertz CT molecular complexity index is 510. The normalized spacial score (nSPS) is 10.6. The van der Waals surface area contributed by atoms with Gasteiger partial charge in [0.25, 0.3) is 0 Å². The van der Waals surface area contributed by atoms with Crippen molar-refractivity contribution >= 4 is 28.1 Å². The summed E-state index contributed by atoms with van der Waals surface area (Å²) in [6.07, 6.45) is 1.53. The number of benzene rings is 1. The highest BCUT2D eigenvalue weighted by atomic mass is 35.5. The lowest BCUT2D eigenvalue weighted by molar-refractivity contribution is 0.622. The van der Waals surface area contributed by atoms with Crippen molar-refractivity contribution in [2.24, 2.45) is 0 Å². The summed E-state index contributed by atoms with van der Waals surface area (Å²) in [6, 6.07) is 3.32. The maximum absolute atomic E-state index is 13.8. The first-order chi connectivity index (χ1) is 7.09. The zero-order valence-electron chi connectivity index (χ0n) is 7.92. The van der Waals surface area contributed by atoms with Gasteiger partial charge in [0.05, 0.1) is 9.90 Å². The van der Waals surface area contributed by atoms with Crippen molar-refractivity contribution in [2.45, 2.75) is 6.92 Å². The Hall–Kier alpha value is -1.13. The van der Waals surface area contributed by atoms with Gasteiger partial charge in [0.2, 0.25) is 0 Å². The molecule has 2 aromatic rings. The van der Waals surface area contributed by atoms with Crippen molar-refractivity contribution in [3.8, 4) is 10.4 Å². The van der Waals surface area contributed by atoms with Gasteiger partial charge in [-0.1, -0.05) is 29.0 Å². The molecule has 78 valence electrons. The number of aryl methyl sites for hydroxylation is 1. The quantitative estimate of drug-likeness (QED) is 0.831. The first-order valence-electron chi connectivity index (χ1n) is 4.26. The minimum absolute atomic E-state index is 0.314. The highest BCUT2D eigenvalue weighted by Gasteiger charge is 2.14. The summed E-state index contributed by atoms with van der Waals surface area (Å²) < 4.78 is 13.8. The second-order valence-corrected chi connectivity index (χ2v) is 4.59. The third kappa shape index (κ3) is 1.82. The minimum atomic E-state index is -0.314. The molecule has 0 fully saturated rings. The number of rotatable bonds is 1. The molecule has 0 amide bonds. The Morgan fingerprint density at radius 1 is 1.47 bits per heavy atom. The molecule has 0 spiro atoms. The minimum Gasteiger partial charge on any atom is -0.375 e. The summed E-state index contributed by atoms with van der Waals surface area (Å²) in [5.74, 6) is -0.314. The summed E-state index contributed by atoms with van der Waals surface area (Å²) >= 11 is 7.16. The molecular formula is C10H8ClFN2S. The summed E-state index contributed by atoms with van der Waals surface area (Å²) in [5, 5.41) is 0.781. The second-order valence-electron chi connectivity index (χ2n) is 3.12. The fourth-order valence-corrected chi connectivity index (χ4v) is 2.33. The van der Waals surface area contributed by atoms with Crippen molar-refractivity contribution in [2.75, 3.05) is 5.73 Å². The molecule has 0 unspecified atom stereocenters. The van der Waals surface area contributed by atoms with Crippen LogP contribution in [-0.4, -0.2) is 4.98 Å². The van der Waals surface area contributed by atoms with Gasteiger partial charge in [-0.05, 0) is 18.6 Å². The molecule has 1 aromatic heterocycles. The van der Waals surface area contributed by atoms with E-state index in [0.29, 0.717) is 26.2 Å². The molecule has 1 aromatic carbocycles. The van der Waals surface area contributed by atoms with E-state index in [1.54, 1.807) is 19.1 Å². The topological polar surface area (TPSA) is 38.9 Å². The molecule has 2 rings (SSSR count). The molecule has 0 aliphatic carbocycles. The molecule has 0 radical (unpaired) electrons. The number of thiazole rings is 1. The highest BCUT2D eigenvalue weighted by molar-refractivity contribution is 7.18. The van der Waals surface area contributed by atoms with Gasteiger partial charge in [-0.25, -0.2) is 9.37 Å². The lowest BCUT2D eigenvalue weighted by atomic mass is 10.1. The van der Waals surface area contributed by atoms with Crippen LogP contribution in [0, 0.1) is 12.7 Å². The number of nitrogen functional groups attached to an aromatic ring is 1. The number of nitrogens with zero attached hydrogens (tertiary/aromatic N) is 1. The largest absolute Gasteiger partial charge is 0.375 e. The molecule has 2 nitrogen and oxygen atoms in total. The standard InChI is InChI=1S/C10H8ClFN2S/c1-5-2-3-6(11)8(9(5)12)7-4-14-10(13)15-7/h2-4H,1H3,(H2,13,14). The average molecular weight is 243 g/mol. The lowest BCUT2D eigenvalue weighted by Gasteiger charge is -2.04. The van der Waals surface area contributed by atoms with Crippen molar-refractivity contribution in [3.05, 3.63) is 34.7 Å². The molecule has 5 heteroatoms. The number of hydrogen-bond acceptors (Lipinski definition) is 3. The predicted molar refractivity (Wildman–Crippen MR) is 61.7 cm³/mol. The van der Waals surface area contributed by atoms with Crippen LogP contribution in [0.5, 0.6) is 0 Å². The van der Waals surface area contributed by atoms with Crippen molar-refractivity contribution in [3.63, 3.8) is 0 Å². The van der Waals surface area contributed by atoms with E-state index in [9.17, 15) is 4.39 Å². The van der Waals surface area contributed by atoms with Crippen LogP contribution in [0.15, 0.2) is 18.3 Å². The third-order valence-corrected chi connectivity index (χ3v) is 3.21. The Balaban J connectivity index is 2.66. The van der Waals surface area contributed by atoms with E-state index in [-0.39, 0.29) is 5.82 Å². The van der Waals surface area contributed by atoms with E-state index in [4.69, 9.17) is 17.3 Å². The van der Waals surface area contributed by atoms with Crippen LogP contribution in [0.25, 0.3) is 10.4 Å². The van der Waals surface area contributed by atoms with Crippen LogP contribution in [0.2, 0.25) is 5.02 Å². The third-order valence-electron chi connectivity index (χ3n) is 2.05. The number of anilines is 1. The fraction of sp³-hybridized carbons (Fsp3) is 0.100. The maximum Gasteiger partial charge on any atom is 0.180 e. The van der Waals surface area contributed by atoms with E-state index < -0.39 is 0 Å². The van der Waals surface area contributed by atoms with Gasteiger partial charge in [0.15, 0.2) is 5.13 Å². The number of aromatic nitrogens is 1. The van der Waals surface area contributed by atoms with Gasteiger partial charge in [-0.15, -0.1) is 0 Å². The lowest BCUT2D eigenvalue weighted by Crippen LogP contribution is -1.87. The second kappa shape index (κ2) is 3.79. The number of halogens is 2. The Morgan fingerprint density at radius 3 is 2.80 bits per heavy atom. The highest BCUT2D eigenvalue weighted by Crippen LogP contribution is 2.36. The molecule has 0 aliphatic heterocycles. The summed E-state index contributed by atoms with van der Waals surface area (Å²) in [5.41, 5.74) is 6.43. The van der Waals surface area contributed by atoms with E-state index >= 15 is 0 Å². The molecule has 2 N–H and O–H groups in total. The summed E-state index contributed by atoms with van der Waals surface area (Å²) in [4.78, 5) is 4.53. The van der Waals surface area contributed by atoms with Crippen molar-refractivity contribution in [1.29, 1.82) is 0 Å². The van der Waals surface area contributed by atoms with Gasteiger partial charge in [0.1, 0.15) is 5.82 Å². The van der Waals surface area contributed by atoms with E-state index in [1.807, 2.05) is 0 Å². The molecule has 0 bridgehead atoms. The summed E-state index contributed by atoms with van der Waals surface area (Å²) in [6.45, 7) is 1.69. The Labute approximate surface area is 95.5 Å². The predicted octanol–water partition coefficient (Wildman–Crippen LogP) is 3.49. The molecule has 0 atom stereocenters. The zero-order valence-corrected chi connectivity index (χ0v) is 9.49. The maximum atomic E-state index is 13.8. The van der Waals surface area contributed by atoms with Crippen molar-refractivity contribution < 1.29 is 4.39 Å². The van der Waals surface area contributed by atoms with Crippen molar-refractivity contribution in [1.82, 2.24) is 4.98 Å². The van der Waals surface area contributed by atoms with Crippen LogP contribution in [-0.2, 0) is 0 Å². The van der Waals surface area contributed by atoms with Gasteiger partial charge in [-0.3, -0.25) is 0 Å². The zero-order chi connectivity index (χ0) is 11.0. The van der Waals surface area contributed by atoms with Crippen LogP contribution in [0.4, 0.5) is 9.52 Å². The molecule has 15 heavy (non-hydrogen) atoms. The van der Waals surface area contributed by atoms with Crippen LogP contribution >= 0.6 is 22.9 Å². The summed E-state index contributed by atoms with van der Waals surface area (Å²) in [7, 11) is 0. The molecule has 0 saturated heterocycles. The van der Waals surface area contributed by atoms with Crippen LogP contribution in [0.1, 0.15) is 5.56 Å². The van der Waals surface area contributed by atoms with E-state index in [2.05, 4.69) is 4.98 Å². The van der Waals surface area contributed by atoms with Crippen LogP contribution < -0.4 is 5.73 Å². The van der Waals surface area contributed by atoms with Gasteiger partial charge >= 0.3 is 0 Å². The Morgan fingerprint density at radius 2 is 2.20 bits per heavy atom. The molecular weight excluding hydrogens is 235 g/mol. The van der Waals surface area contributed by atoms with Gasteiger partial charge < -0.3 is 5.73 Å². The average Bonchev–Trinajstić information content (AvgIpc) is 2.59. The smallest absolute Gasteiger partial charge is 0.180 e. The van der Waals surface area contributed by atoms with E-state index in [0.717, 1.165) is 0 Å². The first kappa shape index (κ1) is 10.4. The van der Waals surface area contributed by atoms with E-state index in [1.165, 1.54) is 17.5 Å². The number of nitrogens with two attached hydrogens (primary N) is 1. The molecule has 0 saturated carbocycles. The Kier molecular flexibility index (Phi) is 2.63. The molecule has 1 heterocycles. The monoisotopic (exact) mass is 242 g/mol. The SMILES string of the molecule is Cc1ccc(Cl)c(-c2cnc(N)s2)c1F. The van der Waals surface area contributed by atoms with Crippen LogP contribution in [0.3, 0.4) is 0 Å². The fourth-order valence-electron chi connectivity index (χ4n) is 1.29.